The van der Waals surface area contributed by atoms with Crippen LogP contribution < -0.4 is 11.1 Å². The summed E-state index contributed by atoms with van der Waals surface area (Å²) in [6.45, 7) is 1.79. The molecule has 2 amide bonds. The van der Waals surface area contributed by atoms with Crippen molar-refractivity contribution in [1.82, 2.24) is 29.8 Å². The fraction of sp³-hybridized carbons (Fsp3) is 0.333. The third kappa shape index (κ3) is 3.84. The smallest absolute Gasteiger partial charge is 0.353 e. The largest absolute Gasteiger partial charge is 0.477 e. The Hall–Kier alpha value is -3.11. The highest BCUT2D eigenvalue weighted by molar-refractivity contribution is 8.04. The number of aryl methyl sites for hydroxylation is 1. The van der Waals surface area contributed by atoms with Gasteiger partial charge in [0.2, 0.25) is 11.5 Å². The molecule has 2 aliphatic heterocycles. The van der Waals surface area contributed by atoms with E-state index in [0.29, 0.717) is 22.1 Å². The van der Waals surface area contributed by atoms with Gasteiger partial charge in [0, 0.05) is 16.4 Å². The molecule has 2 aromatic rings. The molecule has 2 aromatic heterocycles. The Labute approximate surface area is 186 Å². The first-order valence-electron chi connectivity index (χ1n) is 8.70. The number of carbonyl (C=O) groups excluding carboxylic acids is 2. The van der Waals surface area contributed by atoms with Gasteiger partial charge in [0.1, 0.15) is 16.7 Å². The lowest BCUT2D eigenvalue weighted by atomic mass is 9.86. The van der Waals surface area contributed by atoms with Crippen molar-refractivity contribution in [2.24, 2.45) is 5.16 Å². The highest BCUT2D eigenvalue weighted by Gasteiger charge is 2.54. The van der Waals surface area contributed by atoms with Crippen LogP contribution >= 0.6 is 34.6 Å². The molecule has 0 aromatic carbocycles. The van der Waals surface area contributed by atoms with Gasteiger partial charge < -0.3 is 21.4 Å². The lowest BCUT2D eigenvalue weighted by Crippen LogP contribution is -2.72. The maximum absolute atomic E-state index is 12.7. The second-order valence-electron chi connectivity index (χ2n) is 6.44. The molecular formula is C15H14N8O5S3. The highest BCUT2D eigenvalue weighted by Crippen LogP contribution is 2.43. The molecule has 1 saturated heterocycles. The molecule has 0 saturated carbocycles. The Kier molecular flexibility index (Phi) is 5.59. The van der Waals surface area contributed by atoms with Crippen LogP contribution in [0, 0.1) is 6.92 Å². The average molecular weight is 483 g/mol. The lowest BCUT2D eigenvalue weighted by molar-refractivity contribution is -0.155. The van der Waals surface area contributed by atoms with Crippen molar-refractivity contribution < 1.29 is 24.7 Å². The van der Waals surface area contributed by atoms with Gasteiger partial charge in [-0.3, -0.25) is 14.5 Å². The molecule has 4 heterocycles. The van der Waals surface area contributed by atoms with E-state index in [0.717, 1.165) is 16.5 Å². The number of nitrogen functional groups attached to an aromatic ring is 1. The van der Waals surface area contributed by atoms with E-state index >= 15 is 0 Å². The van der Waals surface area contributed by atoms with E-state index in [-0.39, 0.29) is 16.7 Å². The van der Waals surface area contributed by atoms with Crippen LogP contribution in [0.4, 0.5) is 5.13 Å². The number of carbonyl (C=O) groups is 3. The fourth-order valence-electron chi connectivity index (χ4n) is 3.29. The van der Waals surface area contributed by atoms with Crippen molar-refractivity contribution in [3.63, 3.8) is 0 Å². The Bertz CT molecular complexity index is 1140. The number of anilines is 1. The predicted octanol–water partition coefficient (Wildman–Crippen LogP) is 0.0364. The molecule has 0 bridgehead atoms. The third-order valence-electron chi connectivity index (χ3n) is 4.57. The minimum Gasteiger partial charge on any atom is -0.477 e. The number of aromatic nitrogens is 4. The first-order chi connectivity index (χ1) is 14.8. The molecule has 13 nitrogen and oxygen atoms in total. The number of fused-ring (bicyclic) bond motifs is 1. The number of nitrogens with one attached hydrogen (secondary N) is 1. The molecule has 5 N–H and O–H groups in total. The minimum absolute atomic E-state index is 0.0778. The second kappa shape index (κ2) is 8.20. The molecule has 2 atom stereocenters. The standard InChI is InChI=1S/C15H14N8O5S3/c1-4-19-20-15(29-4)30-6-3-2-5-7(12(25)23(5)9(6)13(26)27)17-11(24)8(21-28)10-18-14(16)31-22-10/h5,7,28H,2-3H2,1H3,(H,17,24)(H,26,27)(H2,16,18,22)/b21-8-. The number of β-lactam (4-membered cyclic amide) rings is 1. The van der Waals surface area contributed by atoms with E-state index in [1.54, 1.807) is 6.92 Å². The van der Waals surface area contributed by atoms with E-state index in [4.69, 9.17) is 5.73 Å². The van der Waals surface area contributed by atoms with Crippen molar-refractivity contribution in [3.05, 3.63) is 21.4 Å². The van der Waals surface area contributed by atoms with E-state index in [1.807, 2.05) is 0 Å². The van der Waals surface area contributed by atoms with E-state index < -0.39 is 35.6 Å². The molecule has 4 rings (SSSR count). The van der Waals surface area contributed by atoms with Crippen molar-refractivity contribution in [3.8, 4) is 0 Å². The summed E-state index contributed by atoms with van der Waals surface area (Å²) in [6, 6.07) is -1.51. The number of carboxylic acids is 1. The van der Waals surface area contributed by atoms with Gasteiger partial charge in [-0.15, -0.1) is 10.2 Å². The highest BCUT2D eigenvalue weighted by atomic mass is 32.2. The van der Waals surface area contributed by atoms with Crippen LogP contribution in [-0.2, 0) is 14.4 Å². The SMILES string of the molecule is Cc1nnc(SC2=C(C(=O)O)N3C(=O)C(NC(=O)/C(=N\O)c4nsc(N)n4)C3CC2)s1. The summed E-state index contributed by atoms with van der Waals surface area (Å²) in [6.07, 6.45) is 0.817. The van der Waals surface area contributed by atoms with Gasteiger partial charge in [-0.1, -0.05) is 28.3 Å². The summed E-state index contributed by atoms with van der Waals surface area (Å²) < 4.78 is 4.39. The van der Waals surface area contributed by atoms with E-state index in [2.05, 4.69) is 30.0 Å². The fourth-order valence-corrected chi connectivity index (χ4v) is 5.76. The summed E-state index contributed by atoms with van der Waals surface area (Å²) in [5.74, 6) is -2.87. The summed E-state index contributed by atoms with van der Waals surface area (Å²) in [5, 5.41) is 33.0. The van der Waals surface area contributed by atoms with Crippen LogP contribution in [0.3, 0.4) is 0 Å². The number of hydrogen-bond acceptors (Lipinski definition) is 13. The van der Waals surface area contributed by atoms with Crippen molar-refractivity contribution >= 4 is 63.3 Å². The van der Waals surface area contributed by atoms with Crippen LogP contribution in [0.2, 0.25) is 0 Å². The molecule has 2 unspecified atom stereocenters. The second-order valence-corrected chi connectivity index (χ2v) is 9.74. The number of thioether (sulfide) groups is 1. The molecule has 2 aliphatic rings. The van der Waals surface area contributed by atoms with Gasteiger partial charge in [-0.05, 0) is 19.8 Å². The number of nitrogens with two attached hydrogens (primary N) is 1. The number of allylic oxidation sites excluding steroid dienone is 1. The van der Waals surface area contributed by atoms with Crippen LogP contribution in [0.25, 0.3) is 0 Å². The van der Waals surface area contributed by atoms with Gasteiger partial charge in [0.25, 0.3) is 11.8 Å². The summed E-state index contributed by atoms with van der Waals surface area (Å²) in [7, 11) is 0. The number of carboxylic acid groups (broad SMARTS) is 1. The van der Waals surface area contributed by atoms with Gasteiger partial charge in [-0.25, -0.2) is 4.79 Å². The molecular weight excluding hydrogens is 468 g/mol. The third-order valence-corrected chi connectivity index (χ3v) is 7.14. The molecule has 0 aliphatic carbocycles. The molecule has 0 radical (unpaired) electrons. The molecule has 0 spiro atoms. The molecule has 31 heavy (non-hydrogen) atoms. The number of rotatable bonds is 6. The number of aliphatic carboxylic acids is 1. The van der Waals surface area contributed by atoms with Crippen LogP contribution in [-0.4, -0.2) is 70.3 Å². The average Bonchev–Trinajstić information content (AvgIpc) is 3.34. The normalized spacial score (nSPS) is 21.0. The van der Waals surface area contributed by atoms with Gasteiger partial charge in [0.15, 0.2) is 9.47 Å². The maximum Gasteiger partial charge on any atom is 0.353 e. The maximum atomic E-state index is 12.7. The summed E-state index contributed by atoms with van der Waals surface area (Å²) in [5.41, 5.74) is 4.85. The Morgan fingerprint density at radius 2 is 2.16 bits per heavy atom. The first-order valence-corrected chi connectivity index (χ1v) is 11.1. The topological polar surface area (TPSA) is 197 Å². The monoisotopic (exact) mass is 482 g/mol. The van der Waals surface area contributed by atoms with Crippen molar-refractivity contribution in [1.29, 1.82) is 0 Å². The zero-order valence-corrected chi connectivity index (χ0v) is 18.1. The molecule has 16 heteroatoms. The Balaban J connectivity index is 1.52. The van der Waals surface area contributed by atoms with E-state index in [1.165, 1.54) is 28.0 Å². The van der Waals surface area contributed by atoms with Crippen LogP contribution in [0.15, 0.2) is 20.1 Å². The lowest BCUT2D eigenvalue weighted by Gasteiger charge is -2.49. The van der Waals surface area contributed by atoms with E-state index in [9.17, 15) is 24.7 Å². The van der Waals surface area contributed by atoms with Crippen molar-refractivity contribution in [2.75, 3.05) is 5.73 Å². The Morgan fingerprint density at radius 1 is 1.39 bits per heavy atom. The predicted molar refractivity (Wildman–Crippen MR) is 110 cm³/mol. The quantitative estimate of drug-likeness (QED) is 0.188. The zero-order valence-electron chi connectivity index (χ0n) is 15.7. The number of hydrogen-bond donors (Lipinski definition) is 4. The number of oxime groups is 1. The molecule has 162 valence electrons. The van der Waals surface area contributed by atoms with Crippen molar-refractivity contribution in [2.45, 2.75) is 36.2 Å². The van der Waals surface area contributed by atoms with Crippen LogP contribution in [0.5, 0.6) is 0 Å². The first kappa shape index (κ1) is 21.1. The summed E-state index contributed by atoms with van der Waals surface area (Å²) >= 11 is 3.31. The number of amides is 2. The summed E-state index contributed by atoms with van der Waals surface area (Å²) in [4.78, 5) is 42.6. The molecule has 1 fully saturated rings. The Morgan fingerprint density at radius 3 is 2.74 bits per heavy atom. The number of nitrogens with zero attached hydrogens (tertiary/aromatic N) is 6. The minimum atomic E-state index is -1.24. The van der Waals surface area contributed by atoms with Gasteiger partial charge in [0.05, 0.1) is 6.04 Å². The van der Waals surface area contributed by atoms with Gasteiger partial charge in [-0.2, -0.15) is 9.36 Å². The van der Waals surface area contributed by atoms with Crippen LogP contribution in [0.1, 0.15) is 23.7 Å². The zero-order chi connectivity index (χ0) is 22.3. The van der Waals surface area contributed by atoms with Gasteiger partial charge >= 0.3 is 5.97 Å².